The Balaban J connectivity index is 1.63. The first kappa shape index (κ1) is 16.9. The maximum absolute atomic E-state index is 12.3. The predicted octanol–water partition coefficient (Wildman–Crippen LogP) is -0.241. The van der Waals surface area contributed by atoms with E-state index in [1.165, 1.54) is 0 Å². The van der Waals surface area contributed by atoms with Crippen LogP contribution in [0.25, 0.3) is 0 Å². The lowest BCUT2D eigenvalue weighted by Gasteiger charge is -2.43. The summed E-state index contributed by atoms with van der Waals surface area (Å²) in [6.45, 7) is 3.60. The molecule has 0 unspecified atom stereocenters. The lowest BCUT2D eigenvalue weighted by atomic mass is 9.84. The van der Waals surface area contributed by atoms with Crippen LogP contribution in [0.3, 0.4) is 0 Å². The summed E-state index contributed by atoms with van der Waals surface area (Å²) in [5.74, 6) is -0.218. The molecule has 1 aromatic rings. The van der Waals surface area contributed by atoms with E-state index in [9.17, 15) is 14.4 Å². The summed E-state index contributed by atoms with van der Waals surface area (Å²) < 4.78 is 11.4. The van der Waals surface area contributed by atoms with Gasteiger partial charge in [-0.2, -0.15) is 0 Å². The van der Waals surface area contributed by atoms with Crippen LogP contribution in [0.4, 0.5) is 0 Å². The molecule has 3 N–H and O–H groups in total. The quantitative estimate of drug-likeness (QED) is 0.704. The Kier molecular flexibility index (Phi) is 4.86. The minimum Gasteiger partial charge on any atom is -0.381 e. The predicted molar refractivity (Wildman–Crippen MR) is 86.0 cm³/mol. The molecule has 0 saturated carbocycles. The van der Waals surface area contributed by atoms with Gasteiger partial charge in [0.2, 0.25) is 5.91 Å². The molecule has 0 radical (unpaired) electrons. The van der Waals surface area contributed by atoms with Crippen LogP contribution in [0.2, 0.25) is 0 Å². The number of aryl methyl sites for hydroxylation is 1. The second-order valence-electron chi connectivity index (χ2n) is 6.59. The zero-order chi connectivity index (χ0) is 17.2. The number of amides is 1. The molecule has 3 heterocycles. The maximum Gasteiger partial charge on any atom is 0.325 e. The number of rotatable bonds is 3. The summed E-state index contributed by atoms with van der Waals surface area (Å²) in [6.07, 6.45) is 3.17. The number of hydrogen-bond acceptors (Lipinski definition) is 5. The van der Waals surface area contributed by atoms with Gasteiger partial charge in [0.05, 0.1) is 12.0 Å². The van der Waals surface area contributed by atoms with Crippen molar-refractivity contribution in [2.75, 3.05) is 19.8 Å². The van der Waals surface area contributed by atoms with E-state index in [-0.39, 0.29) is 24.0 Å². The molecule has 2 saturated heterocycles. The van der Waals surface area contributed by atoms with Gasteiger partial charge in [-0.25, -0.2) is 4.79 Å². The lowest BCUT2D eigenvalue weighted by Crippen LogP contribution is -2.51. The largest absolute Gasteiger partial charge is 0.381 e. The Hall–Kier alpha value is -1.93. The molecule has 3 rings (SSSR count). The van der Waals surface area contributed by atoms with Crippen LogP contribution in [0.15, 0.2) is 9.59 Å². The van der Waals surface area contributed by atoms with Gasteiger partial charge in [0.25, 0.3) is 5.56 Å². The van der Waals surface area contributed by atoms with Crippen molar-refractivity contribution in [1.29, 1.82) is 0 Å². The topological polar surface area (TPSA) is 113 Å². The van der Waals surface area contributed by atoms with E-state index in [0.29, 0.717) is 31.1 Å². The van der Waals surface area contributed by atoms with Gasteiger partial charge in [0, 0.05) is 37.1 Å². The number of ether oxygens (including phenoxy) is 2. The Morgan fingerprint density at radius 3 is 2.71 bits per heavy atom. The lowest BCUT2D eigenvalue weighted by molar-refractivity contribution is -0.143. The van der Waals surface area contributed by atoms with Gasteiger partial charge in [-0.05, 0) is 32.6 Å². The van der Waals surface area contributed by atoms with Gasteiger partial charge in [0.1, 0.15) is 0 Å². The van der Waals surface area contributed by atoms with Crippen molar-refractivity contribution in [3.63, 3.8) is 0 Å². The van der Waals surface area contributed by atoms with Gasteiger partial charge < -0.3 is 19.8 Å². The standard InChI is InChI=1S/C16H23N3O5/c1-10-12(14(21)19-15(22)17-10)8-13(20)18-11-2-5-24-16(9-11)3-6-23-7-4-16/h11H,2-9H2,1H3,(H,18,20)(H2,17,19,21,22)/t11-/m0/s1. The SMILES string of the molecule is Cc1[nH]c(=O)[nH]c(=O)c1CC(=O)N[C@H]1CCOC2(CCOCC2)C1. The number of hydrogen-bond donors (Lipinski definition) is 3. The minimum absolute atomic E-state index is 0.0338. The molecule has 8 nitrogen and oxygen atoms in total. The third-order valence-electron chi connectivity index (χ3n) is 4.85. The van der Waals surface area contributed by atoms with Crippen molar-refractivity contribution < 1.29 is 14.3 Å². The molecule has 1 amide bonds. The molecule has 2 aliphatic rings. The highest BCUT2D eigenvalue weighted by Gasteiger charge is 2.39. The average molecular weight is 337 g/mol. The summed E-state index contributed by atoms with van der Waals surface area (Å²) in [6, 6.07) is 0.0338. The Morgan fingerprint density at radius 2 is 2.00 bits per heavy atom. The first-order chi connectivity index (χ1) is 11.5. The average Bonchev–Trinajstić information content (AvgIpc) is 2.51. The van der Waals surface area contributed by atoms with Gasteiger partial charge in [-0.3, -0.25) is 14.6 Å². The second kappa shape index (κ2) is 6.90. The number of carbonyl (C=O) groups excluding carboxylic acids is 1. The zero-order valence-electron chi connectivity index (χ0n) is 13.8. The highest BCUT2D eigenvalue weighted by molar-refractivity contribution is 5.79. The van der Waals surface area contributed by atoms with Crippen LogP contribution in [0.1, 0.15) is 36.9 Å². The molecule has 0 aromatic carbocycles. The third kappa shape index (κ3) is 3.76. The van der Waals surface area contributed by atoms with E-state index in [0.717, 1.165) is 25.7 Å². The van der Waals surface area contributed by atoms with Gasteiger partial charge >= 0.3 is 5.69 Å². The highest BCUT2D eigenvalue weighted by Crippen LogP contribution is 2.34. The van der Waals surface area contributed by atoms with Crippen molar-refractivity contribution >= 4 is 5.91 Å². The van der Waals surface area contributed by atoms with E-state index in [1.807, 2.05) is 0 Å². The molecule has 1 atom stereocenters. The molecule has 1 spiro atoms. The number of nitrogens with one attached hydrogen (secondary N) is 3. The highest BCUT2D eigenvalue weighted by atomic mass is 16.5. The molecular formula is C16H23N3O5. The summed E-state index contributed by atoms with van der Waals surface area (Å²) in [7, 11) is 0. The van der Waals surface area contributed by atoms with E-state index < -0.39 is 11.2 Å². The third-order valence-corrected chi connectivity index (χ3v) is 4.85. The summed E-state index contributed by atoms with van der Waals surface area (Å²) in [5.41, 5.74) is -0.557. The van der Waals surface area contributed by atoms with Crippen LogP contribution in [-0.2, 0) is 20.7 Å². The van der Waals surface area contributed by atoms with Crippen LogP contribution >= 0.6 is 0 Å². The number of aromatic amines is 2. The van der Waals surface area contributed by atoms with Crippen LogP contribution in [-0.4, -0.2) is 47.3 Å². The molecule has 2 aliphatic heterocycles. The number of H-pyrrole nitrogens is 2. The first-order valence-corrected chi connectivity index (χ1v) is 8.31. The Labute approximate surface area is 138 Å². The van der Waals surface area contributed by atoms with Gasteiger partial charge in [-0.1, -0.05) is 0 Å². The van der Waals surface area contributed by atoms with E-state index >= 15 is 0 Å². The molecule has 2 fully saturated rings. The summed E-state index contributed by atoms with van der Waals surface area (Å²) >= 11 is 0. The smallest absolute Gasteiger partial charge is 0.325 e. The monoisotopic (exact) mass is 337 g/mol. The fourth-order valence-corrected chi connectivity index (χ4v) is 3.52. The van der Waals surface area contributed by atoms with Gasteiger partial charge in [-0.15, -0.1) is 0 Å². The minimum atomic E-state index is -0.562. The van der Waals surface area contributed by atoms with Crippen molar-refractivity contribution in [3.05, 3.63) is 32.1 Å². The van der Waals surface area contributed by atoms with Crippen LogP contribution in [0, 0.1) is 6.92 Å². The fourth-order valence-electron chi connectivity index (χ4n) is 3.52. The Bertz CT molecular complexity index is 712. The number of carbonyl (C=O) groups is 1. The van der Waals surface area contributed by atoms with E-state index in [1.54, 1.807) is 6.92 Å². The van der Waals surface area contributed by atoms with Crippen LogP contribution < -0.4 is 16.6 Å². The molecule has 132 valence electrons. The van der Waals surface area contributed by atoms with Crippen molar-refractivity contribution in [3.8, 4) is 0 Å². The van der Waals surface area contributed by atoms with Crippen molar-refractivity contribution in [1.82, 2.24) is 15.3 Å². The van der Waals surface area contributed by atoms with Crippen molar-refractivity contribution in [2.24, 2.45) is 0 Å². The molecule has 1 aromatic heterocycles. The first-order valence-electron chi connectivity index (χ1n) is 8.31. The van der Waals surface area contributed by atoms with E-state index in [4.69, 9.17) is 9.47 Å². The normalized spacial score (nSPS) is 23.1. The second-order valence-corrected chi connectivity index (χ2v) is 6.59. The number of aromatic nitrogens is 2. The molecule has 24 heavy (non-hydrogen) atoms. The molecule has 8 heteroatoms. The fraction of sp³-hybridized carbons (Fsp3) is 0.688. The van der Waals surface area contributed by atoms with Crippen LogP contribution in [0.5, 0.6) is 0 Å². The zero-order valence-corrected chi connectivity index (χ0v) is 13.8. The summed E-state index contributed by atoms with van der Waals surface area (Å²) in [4.78, 5) is 40.0. The molecule has 0 aliphatic carbocycles. The van der Waals surface area contributed by atoms with E-state index in [2.05, 4.69) is 15.3 Å². The van der Waals surface area contributed by atoms with Crippen molar-refractivity contribution in [2.45, 2.75) is 50.7 Å². The van der Waals surface area contributed by atoms with Gasteiger partial charge in [0.15, 0.2) is 0 Å². The molecular weight excluding hydrogens is 314 g/mol. The maximum atomic E-state index is 12.3. The molecule has 0 bridgehead atoms. The summed E-state index contributed by atoms with van der Waals surface area (Å²) in [5, 5.41) is 3.00. The Morgan fingerprint density at radius 1 is 1.25 bits per heavy atom.